The third-order valence-corrected chi connectivity index (χ3v) is 5.56. The van der Waals surface area contributed by atoms with E-state index in [1.165, 1.54) is 12.1 Å². The van der Waals surface area contributed by atoms with Crippen molar-refractivity contribution in [2.75, 3.05) is 19.7 Å². The number of aryl methyl sites for hydroxylation is 1. The normalized spacial score (nSPS) is 14.9. The van der Waals surface area contributed by atoms with Crippen LogP contribution in [0.5, 0.6) is 5.75 Å². The molecule has 2 aromatic carbocycles. The van der Waals surface area contributed by atoms with E-state index in [0.717, 1.165) is 23.3 Å². The number of carbonyl (C=O) groups is 2. The third kappa shape index (κ3) is 5.77. The molecule has 1 aliphatic rings. The van der Waals surface area contributed by atoms with Crippen molar-refractivity contribution in [1.29, 1.82) is 0 Å². The van der Waals surface area contributed by atoms with Gasteiger partial charge in [0.15, 0.2) is 6.61 Å². The molecule has 0 radical (unpaired) electrons. The van der Waals surface area contributed by atoms with E-state index in [-0.39, 0.29) is 24.1 Å². The van der Waals surface area contributed by atoms with Gasteiger partial charge < -0.3 is 15.0 Å². The molecule has 1 heterocycles. The van der Waals surface area contributed by atoms with E-state index in [0.29, 0.717) is 31.7 Å². The second kappa shape index (κ2) is 9.41. The number of alkyl halides is 3. The van der Waals surface area contributed by atoms with Crippen LogP contribution in [0, 0.1) is 13.8 Å². The molecule has 1 aliphatic heterocycles. The Morgan fingerprint density at radius 2 is 1.71 bits per heavy atom. The van der Waals surface area contributed by atoms with Gasteiger partial charge in [0.25, 0.3) is 11.8 Å². The molecule has 2 amide bonds. The highest BCUT2D eigenvalue weighted by Crippen LogP contribution is 2.29. The number of hydrogen-bond donors (Lipinski definition) is 1. The summed E-state index contributed by atoms with van der Waals surface area (Å²) in [6, 6.07) is 9.68. The van der Waals surface area contributed by atoms with Crippen LogP contribution in [0.3, 0.4) is 0 Å². The van der Waals surface area contributed by atoms with Crippen LogP contribution >= 0.6 is 0 Å². The van der Waals surface area contributed by atoms with E-state index in [9.17, 15) is 22.8 Å². The molecule has 1 fully saturated rings. The van der Waals surface area contributed by atoms with E-state index in [1.54, 1.807) is 4.90 Å². The first-order valence-electron chi connectivity index (χ1n) is 10.1. The van der Waals surface area contributed by atoms with Gasteiger partial charge in [-0.1, -0.05) is 12.1 Å². The topological polar surface area (TPSA) is 58.6 Å². The third-order valence-electron chi connectivity index (χ3n) is 5.56. The van der Waals surface area contributed by atoms with Gasteiger partial charge in [0.2, 0.25) is 0 Å². The molecule has 0 saturated carbocycles. The van der Waals surface area contributed by atoms with Crippen molar-refractivity contribution >= 4 is 11.8 Å². The first kappa shape index (κ1) is 22.7. The van der Waals surface area contributed by atoms with Gasteiger partial charge in [0.1, 0.15) is 5.75 Å². The fraction of sp³-hybridized carbons (Fsp3) is 0.391. The van der Waals surface area contributed by atoms with Crippen LogP contribution in [0.4, 0.5) is 13.2 Å². The molecule has 31 heavy (non-hydrogen) atoms. The zero-order chi connectivity index (χ0) is 22.6. The van der Waals surface area contributed by atoms with Crippen molar-refractivity contribution in [3.8, 4) is 5.75 Å². The van der Waals surface area contributed by atoms with Crippen LogP contribution < -0.4 is 10.1 Å². The molecule has 1 saturated heterocycles. The standard InChI is InChI=1S/C23H25F3N2O3/c1-15-4-3-5-20(16(15)2)31-14-21(29)28-12-10-19(11-13-28)27-22(30)17-6-8-18(9-7-17)23(24,25)26/h3-9,19H,10-14H2,1-2H3,(H,27,30). The Labute approximate surface area is 179 Å². The van der Waals surface area contributed by atoms with Gasteiger partial charge in [0, 0.05) is 24.7 Å². The summed E-state index contributed by atoms with van der Waals surface area (Å²) in [5.74, 6) is 0.150. The molecule has 0 aliphatic carbocycles. The van der Waals surface area contributed by atoms with E-state index < -0.39 is 17.6 Å². The van der Waals surface area contributed by atoms with E-state index in [1.807, 2.05) is 32.0 Å². The van der Waals surface area contributed by atoms with E-state index in [2.05, 4.69) is 5.32 Å². The summed E-state index contributed by atoms with van der Waals surface area (Å²) in [6.07, 6.45) is -3.29. The Balaban J connectivity index is 1.46. The fourth-order valence-corrected chi connectivity index (χ4v) is 3.46. The van der Waals surface area contributed by atoms with E-state index >= 15 is 0 Å². The predicted molar refractivity (Wildman–Crippen MR) is 110 cm³/mol. The van der Waals surface area contributed by atoms with Gasteiger partial charge in [0.05, 0.1) is 5.56 Å². The van der Waals surface area contributed by atoms with Crippen LogP contribution in [0.25, 0.3) is 0 Å². The maximum absolute atomic E-state index is 12.6. The van der Waals surface area contributed by atoms with Gasteiger partial charge in [-0.25, -0.2) is 0 Å². The van der Waals surface area contributed by atoms with Gasteiger partial charge in [-0.2, -0.15) is 13.2 Å². The van der Waals surface area contributed by atoms with Gasteiger partial charge in [-0.15, -0.1) is 0 Å². The SMILES string of the molecule is Cc1cccc(OCC(=O)N2CCC(NC(=O)c3ccc(C(F)(F)F)cc3)CC2)c1C. The molecule has 5 nitrogen and oxygen atoms in total. The second-order valence-electron chi connectivity index (χ2n) is 7.69. The highest BCUT2D eigenvalue weighted by Gasteiger charge is 2.30. The smallest absolute Gasteiger partial charge is 0.416 e. The van der Waals surface area contributed by atoms with Crippen molar-refractivity contribution in [1.82, 2.24) is 10.2 Å². The van der Waals surface area contributed by atoms with Crippen molar-refractivity contribution in [2.45, 2.75) is 38.9 Å². The van der Waals surface area contributed by atoms with E-state index in [4.69, 9.17) is 4.74 Å². The number of nitrogens with zero attached hydrogens (tertiary/aromatic N) is 1. The van der Waals surface area contributed by atoms with Crippen LogP contribution in [0.15, 0.2) is 42.5 Å². The highest BCUT2D eigenvalue weighted by atomic mass is 19.4. The lowest BCUT2D eigenvalue weighted by molar-refractivity contribution is -0.137. The minimum absolute atomic E-state index is 0.0487. The van der Waals surface area contributed by atoms with Gasteiger partial charge in [-0.3, -0.25) is 9.59 Å². The molecule has 1 N–H and O–H groups in total. The monoisotopic (exact) mass is 434 g/mol. The number of ether oxygens (including phenoxy) is 1. The average Bonchev–Trinajstić information content (AvgIpc) is 2.74. The summed E-state index contributed by atoms with van der Waals surface area (Å²) >= 11 is 0. The summed E-state index contributed by atoms with van der Waals surface area (Å²) in [5.41, 5.74) is 1.47. The molecule has 3 rings (SSSR count). The van der Waals surface area contributed by atoms with Crippen molar-refractivity contribution in [3.63, 3.8) is 0 Å². The number of piperidine rings is 1. The summed E-state index contributed by atoms with van der Waals surface area (Å²) < 4.78 is 43.6. The fourth-order valence-electron chi connectivity index (χ4n) is 3.46. The molecule has 166 valence electrons. The molecule has 0 atom stereocenters. The lowest BCUT2D eigenvalue weighted by Gasteiger charge is -2.32. The number of nitrogens with one attached hydrogen (secondary N) is 1. The number of amides is 2. The van der Waals surface area contributed by atoms with Crippen LogP contribution in [0.1, 0.15) is 39.9 Å². The number of benzene rings is 2. The number of carbonyl (C=O) groups excluding carboxylic acids is 2. The molecule has 0 spiro atoms. The Morgan fingerprint density at radius 1 is 1.06 bits per heavy atom. The van der Waals surface area contributed by atoms with Crippen molar-refractivity contribution in [3.05, 3.63) is 64.7 Å². The summed E-state index contributed by atoms with van der Waals surface area (Å²) in [5, 5.41) is 2.83. The number of likely N-dealkylation sites (tertiary alicyclic amines) is 1. The Hall–Kier alpha value is -3.03. The molecule has 8 heteroatoms. The molecule has 2 aromatic rings. The van der Waals surface area contributed by atoms with Gasteiger partial charge >= 0.3 is 6.18 Å². The highest BCUT2D eigenvalue weighted by molar-refractivity contribution is 5.94. The number of halogens is 3. The maximum Gasteiger partial charge on any atom is 0.416 e. The lowest BCUT2D eigenvalue weighted by Crippen LogP contribution is -2.47. The van der Waals surface area contributed by atoms with Crippen molar-refractivity contribution in [2.24, 2.45) is 0 Å². The minimum atomic E-state index is -4.43. The summed E-state index contributed by atoms with van der Waals surface area (Å²) in [7, 11) is 0. The first-order chi connectivity index (χ1) is 14.6. The average molecular weight is 434 g/mol. The van der Waals surface area contributed by atoms with Crippen molar-refractivity contribution < 1.29 is 27.5 Å². The Morgan fingerprint density at radius 3 is 2.32 bits per heavy atom. The number of hydrogen-bond acceptors (Lipinski definition) is 3. The lowest BCUT2D eigenvalue weighted by atomic mass is 10.0. The maximum atomic E-state index is 12.6. The summed E-state index contributed by atoms with van der Waals surface area (Å²) in [6.45, 7) is 4.83. The largest absolute Gasteiger partial charge is 0.483 e. The number of rotatable bonds is 5. The minimum Gasteiger partial charge on any atom is -0.483 e. The van der Waals surface area contributed by atoms with Crippen LogP contribution in [-0.2, 0) is 11.0 Å². The Kier molecular flexibility index (Phi) is 6.87. The molecular weight excluding hydrogens is 409 g/mol. The second-order valence-corrected chi connectivity index (χ2v) is 7.69. The molecule has 0 unspecified atom stereocenters. The van der Waals surface area contributed by atoms with Crippen LogP contribution in [-0.4, -0.2) is 42.5 Å². The van der Waals surface area contributed by atoms with Gasteiger partial charge in [-0.05, 0) is 68.1 Å². The first-order valence-corrected chi connectivity index (χ1v) is 10.1. The molecular formula is C23H25F3N2O3. The van der Waals surface area contributed by atoms with Crippen LogP contribution in [0.2, 0.25) is 0 Å². The Bertz CT molecular complexity index is 934. The zero-order valence-electron chi connectivity index (χ0n) is 17.5. The summed E-state index contributed by atoms with van der Waals surface area (Å²) in [4.78, 5) is 26.5. The predicted octanol–water partition coefficient (Wildman–Crippen LogP) is 4.12. The molecule has 0 bridgehead atoms. The quantitative estimate of drug-likeness (QED) is 0.770. The molecule has 0 aromatic heterocycles. The zero-order valence-corrected chi connectivity index (χ0v) is 17.5.